The third-order valence-electron chi connectivity index (χ3n) is 10.4. The second-order valence-corrected chi connectivity index (χ2v) is 18.8. The summed E-state index contributed by atoms with van der Waals surface area (Å²) in [7, 11) is 0. The number of thiophene rings is 2. The second kappa shape index (κ2) is 16.5. The van der Waals surface area contributed by atoms with E-state index in [1.54, 1.807) is 0 Å². The SMILES string of the molecule is Brc1ccc(-n2c3ccccc3c3ccc4c5ccccc5sc4c32)cc1.Brc1ccc(I)cc1.C.C.c1ccc2c(c1)Cc1c-2ccc2c1sc1ccccc12. The summed E-state index contributed by atoms with van der Waals surface area (Å²) in [5.41, 5.74) is 9.57. The molecule has 57 heavy (non-hydrogen) atoms. The lowest BCUT2D eigenvalue weighted by molar-refractivity contribution is 1.19. The van der Waals surface area contributed by atoms with Crippen LogP contribution in [0, 0.1) is 3.57 Å². The molecule has 0 amide bonds. The molecule has 0 saturated carbocycles. The predicted molar refractivity (Wildman–Crippen MR) is 269 cm³/mol. The van der Waals surface area contributed by atoms with E-state index in [0.29, 0.717) is 0 Å². The largest absolute Gasteiger partial charge is 0.308 e. The predicted octanol–water partition coefficient (Wildman–Crippen LogP) is 17.9. The fraction of sp³-hybridized carbons (Fsp3) is 0.0588. The van der Waals surface area contributed by atoms with Crippen molar-refractivity contribution in [3.8, 4) is 16.8 Å². The van der Waals surface area contributed by atoms with Crippen molar-refractivity contribution in [3.63, 3.8) is 0 Å². The van der Waals surface area contributed by atoms with Crippen LogP contribution in [0.1, 0.15) is 26.0 Å². The number of aromatic nitrogens is 1. The van der Waals surface area contributed by atoms with Crippen LogP contribution in [-0.2, 0) is 6.42 Å². The molecule has 280 valence electrons. The summed E-state index contributed by atoms with van der Waals surface area (Å²) in [6.45, 7) is 0. The van der Waals surface area contributed by atoms with Crippen LogP contribution in [0.2, 0.25) is 0 Å². The van der Waals surface area contributed by atoms with Crippen molar-refractivity contribution in [2.45, 2.75) is 21.3 Å². The molecule has 0 aliphatic heterocycles. The summed E-state index contributed by atoms with van der Waals surface area (Å²) in [5, 5.41) is 8.10. The van der Waals surface area contributed by atoms with E-state index < -0.39 is 0 Å². The first-order valence-corrected chi connectivity index (χ1v) is 22.3. The molecule has 0 unspecified atom stereocenters. The molecule has 0 radical (unpaired) electrons. The number of rotatable bonds is 1. The first-order valence-electron chi connectivity index (χ1n) is 18.0. The van der Waals surface area contributed by atoms with Gasteiger partial charge in [0.15, 0.2) is 0 Å². The van der Waals surface area contributed by atoms with E-state index in [-0.39, 0.29) is 14.9 Å². The second-order valence-electron chi connectivity index (χ2n) is 13.6. The maximum atomic E-state index is 3.56. The van der Waals surface area contributed by atoms with Gasteiger partial charge >= 0.3 is 0 Å². The molecule has 0 N–H and O–H groups in total. The number of benzene rings is 8. The Morgan fingerprint density at radius 3 is 1.67 bits per heavy atom. The Bertz CT molecular complexity index is 3190. The third kappa shape index (κ3) is 7.14. The van der Waals surface area contributed by atoms with Gasteiger partial charge in [0.1, 0.15) is 0 Å². The molecular weight excluding hydrogens is 977 g/mol. The van der Waals surface area contributed by atoms with Crippen LogP contribution in [0.5, 0.6) is 0 Å². The van der Waals surface area contributed by atoms with Crippen molar-refractivity contribution in [1.29, 1.82) is 0 Å². The molecule has 3 aromatic heterocycles. The maximum absolute atomic E-state index is 3.56. The monoisotopic (exact) mass is 1010 g/mol. The van der Waals surface area contributed by atoms with Crippen LogP contribution in [0.3, 0.4) is 0 Å². The minimum Gasteiger partial charge on any atom is -0.308 e. The van der Waals surface area contributed by atoms with Crippen LogP contribution >= 0.6 is 77.1 Å². The summed E-state index contributed by atoms with van der Waals surface area (Å²) >= 11 is 13.0. The van der Waals surface area contributed by atoms with Gasteiger partial charge in [-0.3, -0.25) is 0 Å². The van der Waals surface area contributed by atoms with Gasteiger partial charge in [-0.15, -0.1) is 22.7 Å². The zero-order valence-electron chi connectivity index (χ0n) is 29.3. The van der Waals surface area contributed by atoms with Crippen LogP contribution < -0.4 is 0 Å². The lowest BCUT2D eigenvalue weighted by atomic mass is 10.0. The summed E-state index contributed by atoms with van der Waals surface area (Å²) < 4.78 is 11.5. The number of para-hydroxylation sites is 1. The highest BCUT2D eigenvalue weighted by Crippen LogP contribution is 2.46. The molecule has 12 rings (SSSR count). The molecule has 3 heterocycles. The van der Waals surface area contributed by atoms with Gasteiger partial charge < -0.3 is 4.57 Å². The fourth-order valence-corrected chi connectivity index (χ4v) is 11.3. The van der Waals surface area contributed by atoms with Crippen molar-refractivity contribution in [1.82, 2.24) is 4.57 Å². The van der Waals surface area contributed by atoms with Gasteiger partial charge in [-0.1, -0.05) is 150 Å². The smallest absolute Gasteiger partial charge is 0.0719 e. The molecule has 0 saturated heterocycles. The third-order valence-corrected chi connectivity index (χ3v) is 14.6. The molecule has 0 fully saturated rings. The van der Waals surface area contributed by atoms with Gasteiger partial charge in [-0.25, -0.2) is 0 Å². The molecule has 0 spiro atoms. The van der Waals surface area contributed by atoms with Gasteiger partial charge in [0.25, 0.3) is 0 Å². The minimum absolute atomic E-state index is 0. The van der Waals surface area contributed by atoms with Gasteiger partial charge in [0.2, 0.25) is 0 Å². The summed E-state index contributed by atoms with van der Waals surface area (Å²) in [6.07, 6.45) is 1.08. The zero-order chi connectivity index (χ0) is 37.0. The highest BCUT2D eigenvalue weighted by molar-refractivity contribution is 14.1. The quantitative estimate of drug-likeness (QED) is 0.144. The van der Waals surface area contributed by atoms with Gasteiger partial charge in [-0.05, 0) is 112 Å². The van der Waals surface area contributed by atoms with Crippen molar-refractivity contribution >= 4 is 139 Å². The van der Waals surface area contributed by atoms with Crippen molar-refractivity contribution < 1.29 is 0 Å². The Kier molecular flexibility index (Phi) is 11.4. The van der Waals surface area contributed by atoms with E-state index in [9.17, 15) is 0 Å². The summed E-state index contributed by atoms with van der Waals surface area (Å²) in [5.74, 6) is 0. The lowest BCUT2D eigenvalue weighted by Gasteiger charge is -2.08. The van der Waals surface area contributed by atoms with Crippen LogP contribution in [0.25, 0.3) is 79.0 Å². The van der Waals surface area contributed by atoms with Gasteiger partial charge in [-0.2, -0.15) is 0 Å². The molecule has 0 bridgehead atoms. The van der Waals surface area contributed by atoms with Crippen molar-refractivity contribution in [2.75, 3.05) is 0 Å². The Labute approximate surface area is 372 Å². The van der Waals surface area contributed by atoms with E-state index in [0.717, 1.165) is 15.4 Å². The first kappa shape index (κ1) is 39.5. The van der Waals surface area contributed by atoms with E-state index in [1.165, 1.54) is 93.7 Å². The molecular formula is C51H38Br2INS2. The minimum atomic E-state index is 0. The maximum Gasteiger partial charge on any atom is 0.0719 e. The Hall–Kier alpha value is -4.31. The average molecular weight is 1020 g/mol. The average Bonchev–Trinajstić information content (AvgIpc) is 3.99. The van der Waals surface area contributed by atoms with Gasteiger partial charge in [0, 0.05) is 71.0 Å². The highest BCUT2D eigenvalue weighted by Gasteiger charge is 2.22. The molecule has 8 aromatic carbocycles. The molecule has 1 aliphatic rings. The standard InChI is InChI=1S/C24H14BrNS.C19H12S.C6H4BrI.2CH4/c25-15-9-11-16(12-10-15)26-21-7-3-1-5-17(21)19-13-14-20-18-6-2-4-8-22(18)27-24(20)23(19)26;1-2-6-13-12(5-1)11-17-14(13)9-10-16-15-7-3-4-8-18(15)20-19(16)17;7-5-1-3-6(8)4-2-5;;/h1-14H;1-10H,11H2;1-4H;2*1H4. The Balaban J connectivity index is 0.000000134. The van der Waals surface area contributed by atoms with Crippen molar-refractivity contribution in [3.05, 3.63) is 194 Å². The Morgan fingerprint density at radius 1 is 0.456 bits per heavy atom. The van der Waals surface area contributed by atoms with E-state index in [1.807, 2.05) is 34.8 Å². The molecule has 6 heteroatoms. The fourth-order valence-electron chi connectivity index (χ4n) is 7.92. The molecule has 0 atom stereocenters. The van der Waals surface area contributed by atoms with E-state index >= 15 is 0 Å². The van der Waals surface area contributed by atoms with E-state index in [4.69, 9.17) is 0 Å². The van der Waals surface area contributed by atoms with E-state index in [2.05, 4.69) is 217 Å². The Morgan fingerprint density at radius 2 is 0.982 bits per heavy atom. The highest BCUT2D eigenvalue weighted by atomic mass is 127. The van der Waals surface area contributed by atoms with Gasteiger partial charge in [0.05, 0.1) is 15.7 Å². The lowest BCUT2D eigenvalue weighted by Crippen LogP contribution is -1.93. The number of hydrogen-bond acceptors (Lipinski definition) is 2. The molecule has 1 nitrogen and oxygen atoms in total. The summed E-state index contributed by atoms with van der Waals surface area (Å²) in [4.78, 5) is 0. The van der Waals surface area contributed by atoms with Crippen LogP contribution in [-0.4, -0.2) is 4.57 Å². The normalized spacial score (nSPS) is 11.4. The van der Waals surface area contributed by atoms with Crippen LogP contribution in [0.4, 0.5) is 0 Å². The molecule has 1 aliphatic carbocycles. The summed E-state index contributed by atoms with van der Waals surface area (Å²) in [6, 6.07) is 60.9. The molecule has 11 aromatic rings. The van der Waals surface area contributed by atoms with Crippen molar-refractivity contribution in [2.24, 2.45) is 0 Å². The van der Waals surface area contributed by atoms with Crippen LogP contribution in [0.15, 0.2) is 179 Å². The first-order chi connectivity index (χ1) is 27.0. The number of halogens is 3. The number of fused-ring (bicyclic) bond motifs is 14. The number of hydrogen-bond donors (Lipinski definition) is 0. The number of nitrogens with zero attached hydrogens (tertiary/aromatic N) is 1. The topological polar surface area (TPSA) is 4.93 Å². The zero-order valence-corrected chi connectivity index (χ0v) is 36.2.